The molecule has 0 aliphatic carbocycles. The zero-order valence-corrected chi connectivity index (χ0v) is 16.3. The van der Waals surface area contributed by atoms with Gasteiger partial charge in [-0.2, -0.15) is 9.50 Å². The third kappa shape index (κ3) is 3.07. The van der Waals surface area contributed by atoms with Crippen molar-refractivity contribution in [2.45, 2.75) is 0 Å². The lowest BCUT2D eigenvalue weighted by Crippen LogP contribution is -2.23. The number of thiazole rings is 1. The third-order valence-corrected chi connectivity index (χ3v) is 5.21. The van der Waals surface area contributed by atoms with Gasteiger partial charge in [-0.1, -0.05) is 23.5 Å². The van der Waals surface area contributed by atoms with Gasteiger partial charge in [-0.25, -0.2) is 0 Å². The van der Waals surface area contributed by atoms with Gasteiger partial charge in [0.15, 0.2) is 5.82 Å². The van der Waals surface area contributed by atoms with Crippen molar-refractivity contribution in [1.29, 1.82) is 0 Å². The number of hydrogen-bond acceptors (Lipinski definition) is 7. The molecule has 0 aliphatic heterocycles. The van der Waals surface area contributed by atoms with Crippen molar-refractivity contribution in [2.24, 2.45) is 0 Å². The third-order valence-electron chi connectivity index (χ3n) is 4.25. The molecule has 0 atom stereocenters. The summed E-state index contributed by atoms with van der Waals surface area (Å²) in [6.07, 6.45) is 1.76. The number of hydrogen-bond donors (Lipinski definition) is 0. The molecule has 0 bridgehead atoms. The first-order valence-corrected chi connectivity index (χ1v) is 9.23. The molecule has 0 fully saturated rings. The number of para-hydroxylation sites is 1. The van der Waals surface area contributed by atoms with Crippen LogP contribution in [0.2, 0.25) is 0 Å². The van der Waals surface area contributed by atoms with Crippen LogP contribution >= 0.6 is 11.3 Å². The molecule has 0 aliphatic rings. The van der Waals surface area contributed by atoms with Crippen LogP contribution in [0.5, 0.6) is 17.2 Å². The van der Waals surface area contributed by atoms with Gasteiger partial charge in [0.05, 0.1) is 31.4 Å². The average Bonchev–Trinajstić information content (AvgIpc) is 3.27. The largest absolute Gasteiger partial charge is 0.497 e. The van der Waals surface area contributed by atoms with Gasteiger partial charge >= 0.3 is 0 Å². The minimum Gasteiger partial charge on any atom is -0.497 e. The second-order valence-electron chi connectivity index (χ2n) is 5.85. The number of nitrogens with zero attached hydrogens (tertiary/aromatic N) is 3. The van der Waals surface area contributed by atoms with Crippen LogP contribution in [0.4, 0.5) is 0 Å². The van der Waals surface area contributed by atoms with Crippen LogP contribution in [0.15, 0.2) is 47.3 Å². The molecule has 142 valence electrons. The van der Waals surface area contributed by atoms with E-state index in [1.807, 2.05) is 30.3 Å². The Kier molecular flexibility index (Phi) is 4.70. The molecular formula is C20H17N3O4S. The molecule has 2 aromatic heterocycles. The Morgan fingerprint density at radius 1 is 1.00 bits per heavy atom. The molecule has 2 heterocycles. The molecule has 0 saturated carbocycles. The lowest BCUT2D eigenvalue weighted by molar-refractivity contribution is 0.402. The van der Waals surface area contributed by atoms with E-state index in [1.54, 1.807) is 39.5 Å². The summed E-state index contributed by atoms with van der Waals surface area (Å²) in [6, 6.07) is 12.8. The van der Waals surface area contributed by atoms with Crippen LogP contribution in [0.25, 0.3) is 22.4 Å². The summed E-state index contributed by atoms with van der Waals surface area (Å²) in [5.74, 6) is 2.43. The zero-order chi connectivity index (χ0) is 19.7. The van der Waals surface area contributed by atoms with E-state index in [-0.39, 0.29) is 5.56 Å². The predicted octanol–water partition coefficient (Wildman–Crippen LogP) is 2.39. The quantitative estimate of drug-likeness (QED) is 0.517. The number of rotatable bonds is 5. The number of fused-ring (bicyclic) bond motifs is 1. The maximum atomic E-state index is 12.8. The molecule has 4 aromatic rings. The van der Waals surface area contributed by atoms with Gasteiger partial charge in [0.2, 0.25) is 4.96 Å². The van der Waals surface area contributed by atoms with Gasteiger partial charge in [0, 0.05) is 5.56 Å². The average molecular weight is 395 g/mol. The van der Waals surface area contributed by atoms with Crippen molar-refractivity contribution in [3.8, 4) is 28.6 Å². The highest BCUT2D eigenvalue weighted by Crippen LogP contribution is 2.27. The SMILES string of the molecule is COc1ccc(OC)c(/C=c2\sc3nc(-c4ccccc4OC)nn3c2=O)c1. The van der Waals surface area contributed by atoms with Gasteiger partial charge in [-0.05, 0) is 36.4 Å². The smallest absolute Gasteiger partial charge is 0.291 e. The monoisotopic (exact) mass is 395 g/mol. The molecule has 0 radical (unpaired) electrons. The van der Waals surface area contributed by atoms with Crippen molar-refractivity contribution in [3.05, 3.63) is 62.9 Å². The molecule has 0 amide bonds. The second kappa shape index (κ2) is 7.32. The maximum absolute atomic E-state index is 12.8. The Bertz CT molecular complexity index is 1260. The Labute approximate surface area is 164 Å². The van der Waals surface area contributed by atoms with Crippen LogP contribution in [0.1, 0.15) is 5.56 Å². The van der Waals surface area contributed by atoms with E-state index in [2.05, 4.69) is 10.1 Å². The zero-order valence-electron chi connectivity index (χ0n) is 15.5. The number of methoxy groups -OCH3 is 3. The fraction of sp³-hybridized carbons (Fsp3) is 0.150. The molecule has 28 heavy (non-hydrogen) atoms. The Hall–Kier alpha value is -3.39. The van der Waals surface area contributed by atoms with Crippen molar-refractivity contribution >= 4 is 22.4 Å². The summed E-state index contributed by atoms with van der Waals surface area (Å²) < 4.78 is 17.8. The van der Waals surface area contributed by atoms with Crippen LogP contribution in [-0.2, 0) is 0 Å². The Morgan fingerprint density at radius 3 is 2.50 bits per heavy atom. The van der Waals surface area contributed by atoms with E-state index in [9.17, 15) is 4.79 Å². The van der Waals surface area contributed by atoms with Gasteiger partial charge in [-0.3, -0.25) is 4.79 Å². The summed E-state index contributed by atoms with van der Waals surface area (Å²) in [4.78, 5) is 17.8. The molecule has 0 spiro atoms. The number of ether oxygens (including phenoxy) is 3. The lowest BCUT2D eigenvalue weighted by atomic mass is 10.2. The molecular weight excluding hydrogens is 378 g/mol. The summed E-state index contributed by atoms with van der Waals surface area (Å²) in [5.41, 5.74) is 1.24. The van der Waals surface area contributed by atoms with E-state index in [0.29, 0.717) is 32.6 Å². The summed E-state index contributed by atoms with van der Waals surface area (Å²) in [6.45, 7) is 0. The topological polar surface area (TPSA) is 74.9 Å². The minimum atomic E-state index is -0.237. The van der Waals surface area contributed by atoms with E-state index >= 15 is 0 Å². The van der Waals surface area contributed by atoms with Crippen LogP contribution < -0.4 is 24.3 Å². The van der Waals surface area contributed by atoms with E-state index in [0.717, 1.165) is 11.1 Å². The lowest BCUT2D eigenvalue weighted by Gasteiger charge is -2.06. The predicted molar refractivity (Wildman–Crippen MR) is 107 cm³/mol. The minimum absolute atomic E-state index is 0.237. The number of aromatic nitrogens is 3. The van der Waals surface area contributed by atoms with E-state index in [1.165, 1.54) is 15.9 Å². The maximum Gasteiger partial charge on any atom is 0.291 e. The highest BCUT2D eigenvalue weighted by Gasteiger charge is 2.15. The van der Waals surface area contributed by atoms with Crippen LogP contribution in [0.3, 0.4) is 0 Å². The van der Waals surface area contributed by atoms with E-state index < -0.39 is 0 Å². The van der Waals surface area contributed by atoms with Crippen molar-refractivity contribution < 1.29 is 14.2 Å². The van der Waals surface area contributed by atoms with Crippen LogP contribution in [-0.4, -0.2) is 35.9 Å². The second-order valence-corrected chi connectivity index (χ2v) is 6.86. The van der Waals surface area contributed by atoms with Crippen LogP contribution in [0, 0.1) is 0 Å². The summed E-state index contributed by atoms with van der Waals surface area (Å²) >= 11 is 1.26. The highest BCUT2D eigenvalue weighted by molar-refractivity contribution is 7.15. The first-order chi connectivity index (χ1) is 13.6. The van der Waals surface area contributed by atoms with Crippen molar-refractivity contribution in [3.63, 3.8) is 0 Å². The van der Waals surface area contributed by atoms with Gasteiger partial charge in [-0.15, -0.1) is 5.10 Å². The fourth-order valence-corrected chi connectivity index (χ4v) is 3.77. The first-order valence-electron chi connectivity index (χ1n) is 8.41. The van der Waals surface area contributed by atoms with Crippen molar-refractivity contribution in [2.75, 3.05) is 21.3 Å². The molecule has 0 unspecified atom stereocenters. The Morgan fingerprint density at radius 2 is 1.79 bits per heavy atom. The molecule has 8 heteroatoms. The molecule has 0 N–H and O–H groups in total. The summed E-state index contributed by atoms with van der Waals surface area (Å²) in [5, 5.41) is 4.38. The van der Waals surface area contributed by atoms with Gasteiger partial charge in [0.25, 0.3) is 5.56 Å². The van der Waals surface area contributed by atoms with Gasteiger partial charge < -0.3 is 14.2 Å². The van der Waals surface area contributed by atoms with E-state index in [4.69, 9.17) is 14.2 Å². The molecule has 2 aromatic carbocycles. The first kappa shape index (κ1) is 18.0. The molecule has 0 saturated heterocycles. The normalized spacial score (nSPS) is 11.8. The Balaban J connectivity index is 1.84. The highest BCUT2D eigenvalue weighted by atomic mass is 32.1. The number of benzene rings is 2. The molecule has 4 rings (SSSR count). The van der Waals surface area contributed by atoms with Crippen molar-refractivity contribution in [1.82, 2.24) is 14.6 Å². The molecule has 7 nitrogen and oxygen atoms in total. The standard InChI is InChI=1S/C20H17N3O4S/c1-25-13-8-9-15(26-2)12(10-13)11-17-19(24)23-20(28-17)21-18(22-23)14-6-4-5-7-16(14)27-3/h4-11H,1-3H3/b17-11-. The fourth-order valence-electron chi connectivity index (χ4n) is 2.87. The summed E-state index contributed by atoms with van der Waals surface area (Å²) in [7, 11) is 4.76. The van der Waals surface area contributed by atoms with Gasteiger partial charge in [0.1, 0.15) is 17.2 Å².